The van der Waals surface area contributed by atoms with Crippen molar-refractivity contribution in [3.63, 3.8) is 0 Å². The Hall–Kier alpha value is -2.04. The molecule has 0 spiro atoms. The molecule has 1 saturated carbocycles. The summed E-state index contributed by atoms with van der Waals surface area (Å²) in [5, 5.41) is 0. The second kappa shape index (κ2) is 6.22. The minimum atomic E-state index is -0.326. The molecule has 1 saturated heterocycles. The molecule has 5 heteroatoms. The first-order valence-corrected chi connectivity index (χ1v) is 8.33. The van der Waals surface area contributed by atoms with Crippen molar-refractivity contribution in [2.45, 2.75) is 45.1 Å². The van der Waals surface area contributed by atoms with E-state index in [0.717, 1.165) is 18.6 Å². The molecule has 4 atom stereocenters. The summed E-state index contributed by atoms with van der Waals surface area (Å²) in [7, 11) is 0. The fraction of sp³-hybridized carbons (Fsp3) is 0.556. The first-order valence-electron chi connectivity index (χ1n) is 8.33. The van der Waals surface area contributed by atoms with Gasteiger partial charge in [0.15, 0.2) is 0 Å². The van der Waals surface area contributed by atoms with E-state index in [1.807, 2.05) is 19.1 Å². The lowest BCUT2D eigenvalue weighted by molar-refractivity contribution is -0.133. The van der Waals surface area contributed by atoms with Gasteiger partial charge in [0.2, 0.25) is 11.8 Å². The summed E-state index contributed by atoms with van der Waals surface area (Å²) in [6.45, 7) is 4.62. The van der Waals surface area contributed by atoms with Crippen LogP contribution in [-0.2, 0) is 9.59 Å². The van der Waals surface area contributed by atoms with Crippen LogP contribution in [0.1, 0.15) is 50.5 Å². The second-order valence-electron chi connectivity index (χ2n) is 6.91. The van der Waals surface area contributed by atoms with Gasteiger partial charge in [0.1, 0.15) is 11.5 Å². The number of piperidine rings is 1. The number of carbonyl (C=O) groups excluding carboxylic acids is 2. The predicted molar refractivity (Wildman–Crippen MR) is 87.4 cm³/mol. The van der Waals surface area contributed by atoms with Gasteiger partial charge in [-0.3, -0.25) is 9.59 Å². The molecule has 0 radical (unpaired) electrons. The van der Waals surface area contributed by atoms with E-state index in [0.29, 0.717) is 24.1 Å². The van der Waals surface area contributed by atoms with Gasteiger partial charge in [-0.25, -0.2) is 0 Å². The average Bonchev–Trinajstić information content (AvgIpc) is 3.07. The topological polar surface area (TPSA) is 76.5 Å². The second-order valence-corrected chi connectivity index (χ2v) is 6.91. The Balaban J connectivity index is 1.63. The maximum atomic E-state index is 12.4. The van der Waals surface area contributed by atoms with Gasteiger partial charge < -0.3 is 15.1 Å². The molecule has 2 amide bonds. The molecule has 2 N–H and O–H groups in total. The number of likely N-dealkylation sites (tertiary alicyclic amines) is 1. The van der Waals surface area contributed by atoms with Crippen LogP contribution in [0.25, 0.3) is 6.08 Å². The van der Waals surface area contributed by atoms with Gasteiger partial charge in [-0.15, -0.1) is 0 Å². The van der Waals surface area contributed by atoms with Crippen molar-refractivity contribution in [3.8, 4) is 0 Å². The highest BCUT2D eigenvalue weighted by atomic mass is 16.3. The van der Waals surface area contributed by atoms with Crippen molar-refractivity contribution in [1.29, 1.82) is 0 Å². The van der Waals surface area contributed by atoms with Crippen molar-refractivity contribution in [3.05, 3.63) is 29.7 Å². The quantitative estimate of drug-likeness (QED) is 0.867. The van der Waals surface area contributed by atoms with E-state index in [2.05, 4.69) is 6.92 Å². The van der Waals surface area contributed by atoms with E-state index in [4.69, 9.17) is 10.2 Å². The van der Waals surface area contributed by atoms with Gasteiger partial charge in [0.25, 0.3) is 0 Å². The lowest BCUT2D eigenvalue weighted by atomic mass is 9.93. The third-order valence-electron chi connectivity index (χ3n) is 5.08. The fourth-order valence-electron chi connectivity index (χ4n) is 3.27. The smallest absolute Gasteiger partial charge is 0.246 e. The van der Waals surface area contributed by atoms with E-state index >= 15 is 0 Å². The molecular weight excluding hydrogens is 292 g/mol. The summed E-state index contributed by atoms with van der Waals surface area (Å²) < 4.78 is 5.77. The van der Waals surface area contributed by atoms with E-state index in [-0.39, 0.29) is 23.8 Å². The molecule has 124 valence electrons. The van der Waals surface area contributed by atoms with Crippen molar-refractivity contribution < 1.29 is 14.0 Å². The summed E-state index contributed by atoms with van der Waals surface area (Å²) in [4.78, 5) is 25.5. The summed E-state index contributed by atoms with van der Waals surface area (Å²) >= 11 is 0. The molecule has 1 aliphatic heterocycles. The monoisotopic (exact) mass is 316 g/mol. The van der Waals surface area contributed by atoms with Crippen molar-refractivity contribution in [2.75, 3.05) is 6.54 Å². The molecule has 4 unspecified atom stereocenters. The Kier molecular flexibility index (Phi) is 4.28. The molecule has 23 heavy (non-hydrogen) atoms. The minimum Gasteiger partial charge on any atom is -0.461 e. The number of rotatable bonds is 4. The van der Waals surface area contributed by atoms with E-state index < -0.39 is 0 Å². The van der Waals surface area contributed by atoms with Gasteiger partial charge in [-0.1, -0.05) is 6.92 Å². The summed E-state index contributed by atoms with van der Waals surface area (Å²) in [6, 6.07) is 4.02. The van der Waals surface area contributed by atoms with E-state index in [1.54, 1.807) is 11.0 Å². The van der Waals surface area contributed by atoms with Crippen LogP contribution in [0, 0.1) is 11.8 Å². The van der Waals surface area contributed by atoms with Crippen molar-refractivity contribution >= 4 is 17.9 Å². The van der Waals surface area contributed by atoms with Crippen LogP contribution in [0.4, 0.5) is 0 Å². The SMILES string of the molecule is CC1CC1c1ccc(/C=C/C(=O)N2CC(C(N)=O)CCC2C)o1. The summed E-state index contributed by atoms with van der Waals surface area (Å²) in [5.74, 6) is 2.27. The molecule has 3 rings (SSSR count). The number of carbonyl (C=O) groups is 2. The number of furan rings is 1. The largest absolute Gasteiger partial charge is 0.461 e. The molecule has 2 fully saturated rings. The number of amides is 2. The van der Waals surface area contributed by atoms with Crippen LogP contribution in [0.5, 0.6) is 0 Å². The molecule has 2 aliphatic rings. The molecule has 0 aromatic carbocycles. The number of primary amides is 1. The Labute approximate surface area is 136 Å². The van der Waals surface area contributed by atoms with E-state index in [9.17, 15) is 9.59 Å². The Morgan fingerprint density at radius 2 is 2.04 bits per heavy atom. The summed E-state index contributed by atoms with van der Waals surface area (Å²) in [5.41, 5.74) is 5.38. The molecule has 0 bridgehead atoms. The highest BCUT2D eigenvalue weighted by Gasteiger charge is 2.36. The molecule has 1 aliphatic carbocycles. The molecule has 5 nitrogen and oxygen atoms in total. The zero-order valence-electron chi connectivity index (χ0n) is 13.7. The van der Waals surface area contributed by atoms with Crippen LogP contribution in [-0.4, -0.2) is 29.3 Å². The Morgan fingerprint density at radius 1 is 1.30 bits per heavy atom. The van der Waals surface area contributed by atoms with Crippen LogP contribution >= 0.6 is 0 Å². The highest BCUT2D eigenvalue weighted by molar-refractivity contribution is 5.92. The fourth-order valence-corrected chi connectivity index (χ4v) is 3.27. The van der Waals surface area contributed by atoms with Crippen LogP contribution in [0.2, 0.25) is 0 Å². The molecule has 1 aromatic rings. The third-order valence-corrected chi connectivity index (χ3v) is 5.08. The third kappa shape index (κ3) is 3.49. The van der Waals surface area contributed by atoms with Crippen LogP contribution < -0.4 is 5.73 Å². The minimum absolute atomic E-state index is 0.0961. The maximum Gasteiger partial charge on any atom is 0.246 e. The standard InChI is InChI=1S/C18H24N2O3/c1-11-9-15(11)16-7-5-14(23-16)6-8-17(21)20-10-13(18(19)22)4-3-12(20)2/h5-8,11-13,15H,3-4,9-10H2,1-2H3,(H2,19,22)/b8-6+. The average molecular weight is 316 g/mol. The first kappa shape index (κ1) is 15.8. The van der Waals surface area contributed by atoms with Gasteiger partial charge in [0.05, 0.1) is 5.92 Å². The highest BCUT2D eigenvalue weighted by Crippen LogP contribution is 2.47. The summed E-state index contributed by atoms with van der Waals surface area (Å²) in [6.07, 6.45) is 5.97. The molecular formula is C18H24N2O3. The normalized spacial score (nSPS) is 30.6. The maximum absolute atomic E-state index is 12.4. The van der Waals surface area contributed by atoms with Crippen molar-refractivity contribution in [2.24, 2.45) is 17.6 Å². The van der Waals surface area contributed by atoms with Crippen LogP contribution in [0.3, 0.4) is 0 Å². The van der Waals surface area contributed by atoms with Gasteiger partial charge in [-0.05, 0) is 50.3 Å². The van der Waals surface area contributed by atoms with E-state index in [1.165, 1.54) is 12.5 Å². The lowest BCUT2D eigenvalue weighted by Gasteiger charge is -2.36. The predicted octanol–water partition coefficient (Wildman–Crippen LogP) is 2.53. The lowest BCUT2D eigenvalue weighted by Crippen LogP contribution is -2.48. The van der Waals surface area contributed by atoms with Crippen LogP contribution in [0.15, 0.2) is 22.6 Å². The molecule has 1 aromatic heterocycles. The molecule has 2 heterocycles. The van der Waals surface area contributed by atoms with Gasteiger partial charge in [0, 0.05) is 24.6 Å². The number of hydrogen-bond donors (Lipinski definition) is 1. The zero-order chi connectivity index (χ0) is 16.6. The number of hydrogen-bond acceptors (Lipinski definition) is 3. The zero-order valence-corrected chi connectivity index (χ0v) is 13.7. The Bertz CT molecular complexity index is 634. The number of nitrogens with zero attached hydrogens (tertiary/aromatic N) is 1. The van der Waals surface area contributed by atoms with Gasteiger partial charge in [-0.2, -0.15) is 0 Å². The first-order chi connectivity index (χ1) is 11.0. The Morgan fingerprint density at radius 3 is 2.70 bits per heavy atom. The van der Waals surface area contributed by atoms with Crippen molar-refractivity contribution in [1.82, 2.24) is 4.90 Å². The van der Waals surface area contributed by atoms with Gasteiger partial charge >= 0.3 is 0 Å². The number of nitrogens with two attached hydrogens (primary N) is 1.